The van der Waals surface area contributed by atoms with Crippen molar-refractivity contribution in [3.8, 4) is 5.75 Å². The van der Waals surface area contributed by atoms with Gasteiger partial charge < -0.3 is 15.8 Å². The van der Waals surface area contributed by atoms with Crippen molar-refractivity contribution in [2.24, 2.45) is 11.7 Å². The molecule has 5 nitrogen and oxygen atoms in total. The molecule has 24 heavy (non-hydrogen) atoms. The summed E-state index contributed by atoms with van der Waals surface area (Å²) in [5.41, 5.74) is 5.80. The van der Waals surface area contributed by atoms with Crippen molar-refractivity contribution < 1.29 is 14.3 Å². The molecule has 0 spiro atoms. The highest BCUT2D eigenvalue weighted by molar-refractivity contribution is 7.12. The molecule has 0 unspecified atom stereocenters. The van der Waals surface area contributed by atoms with Gasteiger partial charge in [0.2, 0.25) is 11.8 Å². The molecule has 0 bridgehead atoms. The van der Waals surface area contributed by atoms with Gasteiger partial charge in [-0.2, -0.15) is 0 Å². The van der Waals surface area contributed by atoms with E-state index in [1.807, 2.05) is 0 Å². The predicted octanol–water partition coefficient (Wildman–Crippen LogP) is 3.05. The number of anilines is 1. The highest BCUT2D eigenvalue weighted by atomic mass is 32.1. The zero-order valence-electron chi connectivity index (χ0n) is 13.5. The van der Waals surface area contributed by atoms with E-state index in [4.69, 9.17) is 10.5 Å². The molecule has 2 aromatic rings. The molecule has 126 valence electrons. The van der Waals surface area contributed by atoms with Crippen LogP contribution in [0.25, 0.3) is 0 Å². The Morgan fingerprint density at radius 2 is 2.00 bits per heavy atom. The molecule has 3 rings (SSSR count). The molecule has 1 heterocycles. The van der Waals surface area contributed by atoms with E-state index in [9.17, 15) is 9.59 Å². The summed E-state index contributed by atoms with van der Waals surface area (Å²) in [5.74, 6) is 0.745. The fourth-order valence-corrected chi connectivity index (χ4v) is 3.65. The van der Waals surface area contributed by atoms with Crippen LogP contribution in [0, 0.1) is 12.8 Å². The van der Waals surface area contributed by atoms with Crippen LogP contribution in [-0.4, -0.2) is 18.4 Å². The minimum atomic E-state index is -0.390. The zero-order valence-corrected chi connectivity index (χ0v) is 14.3. The molecule has 1 aliphatic rings. The standard InChI is InChI=1S/C18H20N2O3S/c1-11-2-7-16(24-11)14-10-15(14)18(22)20-12-3-5-13(6-4-12)23-9-8-17(19)21/h2-7,14-15H,8-10H2,1H3,(H2,19,21)(H,20,22)/t14-,15-/m0/s1. The van der Waals surface area contributed by atoms with E-state index in [1.165, 1.54) is 9.75 Å². The number of amides is 2. The Bertz CT molecular complexity index is 739. The molecular weight excluding hydrogens is 324 g/mol. The van der Waals surface area contributed by atoms with Crippen molar-refractivity contribution in [1.29, 1.82) is 0 Å². The lowest BCUT2D eigenvalue weighted by Crippen LogP contribution is -2.15. The van der Waals surface area contributed by atoms with Crippen LogP contribution >= 0.6 is 11.3 Å². The SMILES string of the molecule is Cc1ccc([C@H]2C[C@@H]2C(=O)Nc2ccc(OCCC(N)=O)cc2)s1. The second-order valence-electron chi connectivity index (χ2n) is 5.98. The first kappa shape index (κ1) is 16.5. The molecule has 1 fully saturated rings. The third-order valence-electron chi connectivity index (χ3n) is 3.99. The number of hydrogen-bond donors (Lipinski definition) is 2. The summed E-state index contributed by atoms with van der Waals surface area (Å²) in [5, 5.41) is 2.95. The van der Waals surface area contributed by atoms with Gasteiger partial charge in [0.15, 0.2) is 0 Å². The van der Waals surface area contributed by atoms with Crippen LogP contribution in [0.2, 0.25) is 0 Å². The van der Waals surface area contributed by atoms with E-state index in [0.717, 1.165) is 12.1 Å². The molecule has 1 aliphatic carbocycles. The number of carbonyl (C=O) groups is 2. The Kier molecular flexibility index (Phi) is 4.85. The van der Waals surface area contributed by atoms with Crippen LogP contribution < -0.4 is 15.8 Å². The van der Waals surface area contributed by atoms with Gasteiger partial charge in [0, 0.05) is 27.3 Å². The number of benzene rings is 1. The van der Waals surface area contributed by atoms with Gasteiger partial charge in [0.05, 0.1) is 13.0 Å². The minimum Gasteiger partial charge on any atom is -0.493 e. The first-order valence-corrected chi connectivity index (χ1v) is 8.73. The minimum absolute atomic E-state index is 0.0634. The van der Waals surface area contributed by atoms with Crippen LogP contribution in [0.15, 0.2) is 36.4 Å². The van der Waals surface area contributed by atoms with Gasteiger partial charge in [-0.05, 0) is 49.7 Å². The molecule has 2 amide bonds. The molecular formula is C18H20N2O3S. The third kappa shape index (κ3) is 4.14. The fraction of sp³-hybridized carbons (Fsp3) is 0.333. The number of ether oxygens (including phenoxy) is 1. The van der Waals surface area contributed by atoms with Gasteiger partial charge in [-0.3, -0.25) is 9.59 Å². The maximum Gasteiger partial charge on any atom is 0.228 e. The Balaban J connectivity index is 1.49. The maximum absolute atomic E-state index is 12.3. The van der Waals surface area contributed by atoms with Crippen molar-refractivity contribution in [3.05, 3.63) is 46.2 Å². The number of nitrogens with two attached hydrogens (primary N) is 1. The van der Waals surface area contributed by atoms with Crippen LogP contribution in [0.1, 0.15) is 28.5 Å². The van der Waals surface area contributed by atoms with Gasteiger partial charge in [0.25, 0.3) is 0 Å². The average Bonchev–Trinajstić information content (AvgIpc) is 3.23. The number of carbonyl (C=O) groups excluding carboxylic acids is 2. The summed E-state index contributed by atoms with van der Waals surface area (Å²) in [4.78, 5) is 25.5. The Labute approximate surface area is 144 Å². The molecule has 0 aliphatic heterocycles. The highest BCUT2D eigenvalue weighted by Crippen LogP contribution is 2.50. The number of nitrogens with one attached hydrogen (secondary N) is 1. The van der Waals surface area contributed by atoms with E-state index in [1.54, 1.807) is 35.6 Å². The lowest BCUT2D eigenvalue weighted by molar-refractivity contribution is -0.118. The molecule has 0 saturated heterocycles. The van der Waals surface area contributed by atoms with Gasteiger partial charge in [-0.1, -0.05) is 0 Å². The number of primary amides is 1. The van der Waals surface area contributed by atoms with Crippen molar-refractivity contribution in [2.75, 3.05) is 11.9 Å². The predicted molar refractivity (Wildman–Crippen MR) is 94.3 cm³/mol. The Morgan fingerprint density at radius 3 is 2.62 bits per heavy atom. The van der Waals surface area contributed by atoms with Gasteiger partial charge >= 0.3 is 0 Å². The first-order chi connectivity index (χ1) is 11.5. The number of rotatable bonds is 7. The number of hydrogen-bond acceptors (Lipinski definition) is 4. The second-order valence-corrected chi connectivity index (χ2v) is 7.29. The van der Waals surface area contributed by atoms with Crippen LogP contribution in [0.3, 0.4) is 0 Å². The highest BCUT2D eigenvalue weighted by Gasteiger charge is 2.44. The average molecular weight is 344 g/mol. The van der Waals surface area contributed by atoms with Crippen molar-refractivity contribution >= 4 is 28.8 Å². The molecule has 6 heteroatoms. The summed E-state index contributed by atoms with van der Waals surface area (Å²) < 4.78 is 5.40. The molecule has 3 N–H and O–H groups in total. The molecule has 1 aromatic heterocycles. The van der Waals surface area contributed by atoms with Crippen molar-refractivity contribution in [1.82, 2.24) is 0 Å². The van der Waals surface area contributed by atoms with Crippen molar-refractivity contribution in [2.45, 2.75) is 25.7 Å². The van der Waals surface area contributed by atoms with Crippen LogP contribution in [0.5, 0.6) is 5.75 Å². The van der Waals surface area contributed by atoms with E-state index in [-0.39, 0.29) is 30.8 Å². The Morgan fingerprint density at radius 1 is 1.25 bits per heavy atom. The topological polar surface area (TPSA) is 81.4 Å². The summed E-state index contributed by atoms with van der Waals surface area (Å²) in [6, 6.07) is 11.3. The second kappa shape index (κ2) is 7.05. The zero-order chi connectivity index (χ0) is 17.1. The normalized spacial score (nSPS) is 18.9. The third-order valence-corrected chi connectivity index (χ3v) is 5.13. The lowest BCUT2D eigenvalue weighted by atomic mass is 10.2. The first-order valence-electron chi connectivity index (χ1n) is 7.91. The summed E-state index contributed by atoms with van der Waals surface area (Å²) in [6.45, 7) is 2.34. The largest absolute Gasteiger partial charge is 0.493 e. The fourth-order valence-electron chi connectivity index (χ4n) is 2.59. The molecule has 1 aromatic carbocycles. The quantitative estimate of drug-likeness (QED) is 0.810. The van der Waals surface area contributed by atoms with Crippen LogP contribution in [0.4, 0.5) is 5.69 Å². The number of thiophene rings is 1. The number of aryl methyl sites for hydroxylation is 1. The van der Waals surface area contributed by atoms with Gasteiger partial charge in [0.1, 0.15) is 5.75 Å². The molecule has 2 atom stereocenters. The van der Waals surface area contributed by atoms with Gasteiger partial charge in [-0.25, -0.2) is 0 Å². The van der Waals surface area contributed by atoms with Gasteiger partial charge in [-0.15, -0.1) is 11.3 Å². The molecule has 1 saturated carbocycles. The summed E-state index contributed by atoms with van der Waals surface area (Å²) >= 11 is 1.77. The van der Waals surface area contributed by atoms with Crippen LogP contribution in [-0.2, 0) is 9.59 Å². The maximum atomic E-state index is 12.3. The van der Waals surface area contributed by atoms with Crippen molar-refractivity contribution in [3.63, 3.8) is 0 Å². The van der Waals surface area contributed by atoms with E-state index < -0.39 is 0 Å². The van der Waals surface area contributed by atoms with E-state index >= 15 is 0 Å². The lowest BCUT2D eigenvalue weighted by Gasteiger charge is -2.07. The Hall–Kier alpha value is -2.34. The van der Waals surface area contributed by atoms with E-state index in [2.05, 4.69) is 24.4 Å². The van der Waals surface area contributed by atoms with E-state index in [0.29, 0.717) is 11.7 Å². The molecule has 0 radical (unpaired) electrons. The summed E-state index contributed by atoms with van der Waals surface area (Å²) in [6.07, 6.45) is 1.10. The monoisotopic (exact) mass is 344 g/mol. The smallest absolute Gasteiger partial charge is 0.228 e. The summed E-state index contributed by atoms with van der Waals surface area (Å²) in [7, 11) is 0.